The molecule has 0 aliphatic heterocycles. The zero-order chi connectivity index (χ0) is 29.0. The van der Waals surface area contributed by atoms with Crippen molar-refractivity contribution in [2.45, 2.75) is 239 Å². The summed E-state index contributed by atoms with van der Waals surface area (Å²) in [6.45, 7) is 4.59. The van der Waals surface area contributed by atoms with E-state index >= 15 is 0 Å². The molecule has 0 N–H and O–H groups in total. The highest BCUT2D eigenvalue weighted by molar-refractivity contribution is 4.92. The highest BCUT2D eigenvalue weighted by Crippen LogP contribution is 2.19. The molecule has 0 amide bonds. The summed E-state index contributed by atoms with van der Waals surface area (Å²) in [5.41, 5.74) is 0. The molecule has 0 saturated heterocycles. The van der Waals surface area contributed by atoms with Gasteiger partial charge in [-0.05, 0) is 12.8 Å². The Balaban J connectivity index is 3.14. The lowest BCUT2D eigenvalue weighted by atomic mass is 9.95. The Kier molecular flexibility index (Phi) is 36.2. The minimum absolute atomic E-state index is 0.547. The van der Waals surface area contributed by atoms with E-state index in [2.05, 4.69) is 19.8 Å². The Morgan fingerprint density at radius 3 is 0.650 bits per heavy atom. The summed E-state index contributed by atoms with van der Waals surface area (Å²) in [5.74, 6) is 3.61. The molecule has 0 spiro atoms. The molecule has 0 heterocycles. The van der Waals surface area contributed by atoms with Crippen LogP contribution in [0.4, 0.5) is 0 Å². The molecule has 0 aliphatic carbocycles. The van der Waals surface area contributed by atoms with Gasteiger partial charge in [-0.15, -0.1) is 12.3 Å². The average molecular weight is 559 g/mol. The van der Waals surface area contributed by atoms with E-state index in [0.29, 0.717) is 5.92 Å². The molecular weight excluding hydrogens is 480 g/mol. The summed E-state index contributed by atoms with van der Waals surface area (Å²) in [5, 5.41) is 0. The van der Waals surface area contributed by atoms with Crippen molar-refractivity contribution >= 4 is 0 Å². The highest BCUT2D eigenvalue weighted by Gasteiger charge is 2.04. The van der Waals surface area contributed by atoms with Crippen LogP contribution in [0.2, 0.25) is 0 Å². The second-order valence-corrected chi connectivity index (χ2v) is 13.4. The van der Waals surface area contributed by atoms with E-state index in [-0.39, 0.29) is 0 Å². The lowest BCUT2D eigenvalue weighted by Crippen LogP contribution is -1.97. The minimum atomic E-state index is 0.547. The monoisotopic (exact) mass is 559 g/mol. The lowest BCUT2D eigenvalue weighted by Gasteiger charge is -2.10. The van der Waals surface area contributed by atoms with Crippen molar-refractivity contribution in [2.75, 3.05) is 0 Å². The zero-order valence-electron chi connectivity index (χ0n) is 28.4. The third-order valence-corrected chi connectivity index (χ3v) is 9.30. The highest BCUT2D eigenvalue weighted by atomic mass is 14.1. The molecule has 0 rings (SSSR count). The van der Waals surface area contributed by atoms with Crippen LogP contribution < -0.4 is 0 Å². The van der Waals surface area contributed by atoms with E-state index in [0.717, 1.165) is 0 Å². The van der Waals surface area contributed by atoms with Crippen LogP contribution in [0.25, 0.3) is 0 Å². The topological polar surface area (TPSA) is 0 Å². The molecule has 0 aromatic rings. The fraction of sp³-hybridized carbons (Fsp3) is 0.950. The molecule has 40 heavy (non-hydrogen) atoms. The summed E-state index contributed by atoms with van der Waals surface area (Å²) >= 11 is 0. The zero-order valence-corrected chi connectivity index (χ0v) is 28.4. The van der Waals surface area contributed by atoms with Gasteiger partial charge in [0.15, 0.2) is 0 Å². The molecule has 0 heteroatoms. The third-order valence-electron chi connectivity index (χ3n) is 9.30. The molecule has 0 nitrogen and oxygen atoms in total. The van der Waals surface area contributed by atoms with Crippen molar-refractivity contribution < 1.29 is 0 Å². The van der Waals surface area contributed by atoms with E-state index in [9.17, 15) is 0 Å². The maximum atomic E-state index is 5.77. The van der Waals surface area contributed by atoms with Crippen LogP contribution in [-0.2, 0) is 0 Å². The van der Waals surface area contributed by atoms with Crippen molar-refractivity contribution in [3.05, 3.63) is 0 Å². The van der Waals surface area contributed by atoms with Crippen LogP contribution in [0.3, 0.4) is 0 Å². The molecule has 0 saturated carbocycles. The molecule has 238 valence electrons. The Labute approximate surface area is 256 Å². The van der Waals surface area contributed by atoms with Crippen molar-refractivity contribution in [1.82, 2.24) is 0 Å². The van der Waals surface area contributed by atoms with Crippen molar-refractivity contribution in [3.8, 4) is 12.3 Å². The van der Waals surface area contributed by atoms with Crippen LogP contribution >= 0.6 is 0 Å². The van der Waals surface area contributed by atoms with Crippen LogP contribution in [0.1, 0.15) is 239 Å². The second kappa shape index (κ2) is 36.6. The fourth-order valence-corrected chi connectivity index (χ4v) is 6.37. The first kappa shape index (κ1) is 39.6. The molecule has 0 fully saturated rings. The second-order valence-electron chi connectivity index (χ2n) is 13.4. The van der Waals surface area contributed by atoms with Crippen LogP contribution in [0.15, 0.2) is 0 Å². The molecule has 0 radical (unpaired) electrons. The van der Waals surface area contributed by atoms with Crippen molar-refractivity contribution in [2.24, 2.45) is 5.92 Å². The maximum Gasteiger partial charge on any atom is 0.0200 e. The van der Waals surface area contributed by atoms with Crippen LogP contribution in [0.5, 0.6) is 0 Å². The van der Waals surface area contributed by atoms with Gasteiger partial charge in [-0.1, -0.05) is 226 Å². The number of rotatable bonds is 35. The molecule has 0 aromatic heterocycles. The standard InChI is InChI=1S/C40H78/c1-4-7-9-11-12-13-14-15-16-17-18-19-20-21-22-23-24-25-26-27-28-29-30-31-32-33-35-37-39-40(6-3)38-36-34-10-8-5-2/h3,40H,4-5,7-39H2,1-2H3. The summed E-state index contributed by atoms with van der Waals surface area (Å²) < 4.78 is 0. The first-order valence-electron chi connectivity index (χ1n) is 19.3. The van der Waals surface area contributed by atoms with Crippen LogP contribution in [-0.4, -0.2) is 0 Å². The van der Waals surface area contributed by atoms with Gasteiger partial charge in [0.2, 0.25) is 0 Å². The first-order chi connectivity index (χ1) is 19.8. The predicted molar refractivity (Wildman–Crippen MR) is 185 cm³/mol. The first-order valence-corrected chi connectivity index (χ1v) is 19.3. The third kappa shape index (κ3) is 33.8. The number of terminal acetylenes is 1. The Morgan fingerprint density at radius 2 is 0.475 bits per heavy atom. The molecule has 0 aliphatic rings. The van der Waals surface area contributed by atoms with Crippen LogP contribution in [0, 0.1) is 18.3 Å². The van der Waals surface area contributed by atoms with Gasteiger partial charge in [0, 0.05) is 5.92 Å². The number of hydrogen-bond acceptors (Lipinski definition) is 0. The largest absolute Gasteiger partial charge is 0.120 e. The van der Waals surface area contributed by atoms with Gasteiger partial charge in [-0.2, -0.15) is 0 Å². The van der Waals surface area contributed by atoms with Crippen molar-refractivity contribution in [3.63, 3.8) is 0 Å². The lowest BCUT2D eigenvalue weighted by molar-refractivity contribution is 0.474. The predicted octanol–water partition coefficient (Wildman–Crippen LogP) is 14.9. The average Bonchev–Trinajstić information content (AvgIpc) is 2.97. The van der Waals surface area contributed by atoms with E-state index in [1.165, 1.54) is 225 Å². The van der Waals surface area contributed by atoms with E-state index in [4.69, 9.17) is 6.42 Å². The van der Waals surface area contributed by atoms with Gasteiger partial charge >= 0.3 is 0 Å². The maximum absolute atomic E-state index is 5.77. The summed E-state index contributed by atoms with van der Waals surface area (Å²) in [6.07, 6.45) is 56.1. The van der Waals surface area contributed by atoms with Gasteiger partial charge in [-0.3, -0.25) is 0 Å². The Hall–Kier alpha value is -0.440. The number of unbranched alkanes of at least 4 members (excludes halogenated alkanes) is 31. The van der Waals surface area contributed by atoms with Gasteiger partial charge in [-0.25, -0.2) is 0 Å². The number of hydrogen-bond donors (Lipinski definition) is 0. The summed E-state index contributed by atoms with van der Waals surface area (Å²) in [7, 11) is 0. The molecule has 0 aromatic carbocycles. The summed E-state index contributed by atoms with van der Waals surface area (Å²) in [6, 6.07) is 0. The molecule has 1 unspecified atom stereocenters. The van der Waals surface area contributed by atoms with E-state index < -0.39 is 0 Å². The Bertz CT molecular complexity index is 471. The van der Waals surface area contributed by atoms with Gasteiger partial charge in [0.25, 0.3) is 0 Å². The van der Waals surface area contributed by atoms with Gasteiger partial charge in [0.05, 0.1) is 0 Å². The molecule has 1 atom stereocenters. The minimum Gasteiger partial charge on any atom is -0.120 e. The van der Waals surface area contributed by atoms with E-state index in [1.807, 2.05) is 0 Å². The normalized spacial score (nSPS) is 12.1. The molecular formula is C40H78. The summed E-state index contributed by atoms with van der Waals surface area (Å²) in [4.78, 5) is 0. The smallest absolute Gasteiger partial charge is 0.0200 e. The Morgan fingerprint density at radius 1 is 0.300 bits per heavy atom. The van der Waals surface area contributed by atoms with Crippen molar-refractivity contribution in [1.29, 1.82) is 0 Å². The quantitative estimate of drug-likeness (QED) is 0.0536. The van der Waals surface area contributed by atoms with Gasteiger partial charge in [0.1, 0.15) is 0 Å². The van der Waals surface area contributed by atoms with E-state index in [1.54, 1.807) is 0 Å². The molecule has 0 bridgehead atoms. The SMILES string of the molecule is C#CC(CCCCCCC)CCCCCCCCCCCCCCCCCCCCCCCCCCCCCC. The van der Waals surface area contributed by atoms with Gasteiger partial charge < -0.3 is 0 Å². The fourth-order valence-electron chi connectivity index (χ4n) is 6.37.